The lowest BCUT2D eigenvalue weighted by Gasteiger charge is -2.42. The predicted molar refractivity (Wildman–Crippen MR) is 120 cm³/mol. The zero-order valence-electron chi connectivity index (χ0n) is 18.8. The number of imide groups is 2. The molecule has 11 nitrogen and oxygen atoms in total. The van der Waals surface area contributed by atoms with E-state index in [1.54, 1.807) is 25.2 Å². The molecule has 4 aliphatic heterocycles. The maximum Gasteiger partial charge on any atom is 0.262 e. The Morgan fingerprint density at radius 1 is 1.12 bits per heavy atom. The van der Waals surface area contributed by atoms with Crippen LogP contribution >= 0.6 is 0 Å². The second-order valence-electron chi connectivity index (χ2n) is 9.32. The second kappa shape index (κ2) is 8.22. The van der Waals surface area contributed by atoms with Crippen molar-refractivity contribution in [3.63, 3.8) is 0 Å². The van der Waals surface area contributed by atoms with Gasteiger partial charge in [-0.2, -0.15) is 4.31 Å². The monoisotopic (exact) mass is 489 g/mol. The summed E-state index contributed by atoms with van der Waals surface area (Å²) >= 11 is 0. The number of rotatable bonds is 4. The molecule has 34 heavy (non-hydrogen) atoms. The first kappa shape index (κ1) is 23.1. The molecule has 12 heteroatoms. The lowest BCUT2D eigenvalue weighted by atomic mass is 9.82. The fourth-order valence-corrected chi connectivity index (χ4v) is 7.65. The van der Waals surface area contributed by atoms with Gasteiger partial charge >= 0.3 is 0 Å². The number of likely N-dealkylation sites (N-methyl/N-ethyl adjacent to an activating group) is 1. The number of hydrogen-bond donors (Lipinski definition) is 3. The molecule has 0 aliphatic carbocycles. The number of fused-ring (bicyclic) bond motifs is 1. The van der Waals surface area contributed by atoms with Crippen LogP contribution in [-0.4, -0.2) is 84.8 Å². The van der Waals surface area contributed by atoms with Crippen molar-refractivity contribution in [1.29, 1.82) is 0 Å². The van der Waals surface area contributed by atoms with Crippen LogP contribution in [0, 0.1) is 0 Å². The van der Waals surface area contributed by atoms with Crippen LogP contribution in [0.3, 0.4) is 0 Å². The van der Waals surface area contributed by atoms with Crippen LogP contribution in [0.2, 0.25) is 0 Å². The lowest BCUT2D eigenvalue weighted by Crippen LogP contribution is -2.59. The Balaban J connectivity index is 1.40. The molecule has 0 radical (unpaired) electrons. The van der Waals surface area contributed by atoms with Gasteiger partial charge in [0.15, 0.2) is 0 Å². The Kier molecular flexibility index (Phi) is 5.58. The predicted octanol–water partition coefficient (Wildman–Crippen LogP) is -1.06. The molecular weight excluding hydrogens is 462 g/mol. The van der Waals surface area contributed by atoms with E-state index in [1.807, 2.05) is 0 Å². The molecule has 4 heterocycles. The van der Waals surface area contributed by atoms with Crippen molar-refractivity contribution in [3.8, 4) is 0 Å². The number of amides is 4. The minimum atomic E-state index is -3.41. The summed E-state index contributed by atoms with van der Waals surface area (Å²) in [6, 6.07) is 3.59. The van der Waals surface area contributed by atoms with Gasteiger partial charge in [0.2, 0.25) is 21.8 Å². The Bertz CT molecular complexity index is 1190. The fraction of sp³-hybridized carbons (Fsp3) is 0.545. The maximum atomic E-state index is 13.3. The Morgan fingerprint density at radius 3 is 2.56 bits per heavy atom. The topological polar surface area (TPSA) is 145 Å². The van der Waals surface area contributed by atoms with Crippen molar-refractivity contribution in [3.05, 3.63) is 34.9 Å². The van der Waals surface area contributed by atoms with Gasteiger partial charge in [-0.25, -0.2) is 8.42 Å². The van der Waals surface area contributed by atoms with Gasteiger partial charge in [-0.15, -0.1) is 0 Å². The summed E-state index contributed by atoms with van der Waals surface area (Å²) in [7, 11) is -1.78. The molecule has 3 saturated heterocycles. The van der Waals surface area contributed by atoms with E-state index >= 15 is 0 Å². The third-order valence-corrected chi connectivity index (χ3v) is 9.59. The van der Waals surface area contributed by atoms with Crippen LogP contribution < -0.4 is 16.0 Å². The standard InChI is InChI=1S/C22H27N5O6S/c1-26-22(7-9-23-10-8-22)16(12-34(26,32)33)24-11-13-3-2-4-14-18(13)21(31)27(20(14)30)15-5-6-17(28)25-19(15)29/h2-4,15-16,23-24H,5-12H2,1H3,(H,25,28,29). The molecule has 1 aromatic carbocycles. The van der Waals surface area contributed by atoms with Gasteiger partial charge in [0.1, 0.15) is 6.04 Å². The van der Waals surface area contributed by atoms with Gasteiger partial charge in [0.25, 0.3) is 11.8 Å². The third-order valence-electron chi connectivity index (χ3n) is 7.63. The molecule has 1 spiro atoms. The molecule has 5 rings (SSSR count). The van der Waals surface area contributed by atoms with Gasteiger partial charge in [-0.3, -0.25) is 29.4 Å². The van der Waals surface area contributed by atoms with Crippen molar-refractivity contribution in [2.45, 2.75) is 49.9 Å². The van der Waals surface area contributed by atoms with Gasteiger partial charge < -0.3 is 10.6 Å². The maximum absolute atomic E-state index is 13.3. The minimum Gasteiger partial charge on any atom is -0.317 e. The van der Waals surface area contributed by atoms with Gasteiger partial charge in [0, 0.05) is 26.1 Å². The molecule has 0 aromatic heterocycles. The van der Waals surface area contributed by atoms with Gasteiger partial charge in [0.05, 0.1) is 22.4 Å². The first-order valence-corrected chi connectivity index (χ1v) is 13.0. The third kappa shape index (κ3) is 3.47. The van der Waals surface area contributed by atoms with E-state index in [0.717, 1.165) is 4.90 Å². The lowest BCUT2D eigenvalue weighted by molar-refractivity contribution is -0.136. The van der Waals surface area contributed by atoms with Crippen molar-refractivity contribution in [2.75, 3.05) is 25.9 Å². The quantitative estimate of drug-likeness (QED) is 0.454. The normalized spacial score (nSPS) is 28.4. The zero-order valence-corrected chi connectivity index (χ0v) is 19.6. The van der Waals surface area contributed by atoms with Crippen LogP contribution in [0.5, 0.6) is 0 Å². The summed E-state index contributed by atoms with van der Waals surface area (Å²) < 4.78 is 26.9. The van der Waals surface area contributed by atoms with Crippen molar-refractivity contribution in [2.24, 2.45) is 0 Å². The Morgan fingerprint density at radius 2 is 1.85 bits per heavy atom. The summed E-state index contributed by atoms with van der Waals surface area (Å²) in [5.74, 6) is -2.24. The summed E-state index contributed by atoms with van der Waals surface area (Å²) in [5.41, 5.74) is 0.461. The van der Waals surface area contributed by atoms with Crippen LogP contribution in [0.1, 0.15) is 52.0 Å². The first-order valence-electron chi connectivity index (χ1n) is 11.4. The Labute approximate surface area is 197 Å². The van der Waals surface area contributed by atoms with Crippen molar-refractivity contribution >= 4 is 33.7 Å². The average Bonchev–Trinajstić information content (AvgIpc) is 3.16. The molecular formula is C22H27N5O6S. The van der Waals surface area contributed by atoms with Crippen LogP contribution in [0.15, 0.2) is 18.2 Å². The highest BCUT2D eigenvalue weighted by Crippen LogP contribution is 2.38. The number of hydrogen-bond acceptors (Lipinski definition) is 8. The van der Waals surface area contributed by atoms with E-state index in [4.69, 9.17) is 0 Å². The molecule has 0 bridgehead atoms. The second-order valence-corrected chi connectivity index (χ2v) is 11.4. The zero-order chi connectivity index (χ0) is 24.3. The van der Waals surface area contributed by atoms with E-state index in [0.29, 0.717) is 31.5 Å². The first-order chi connectivity index (χ1) is 16.2. The van der Waals surface area contributed by atoms with E-state index in [-0.39, 0.29) is 42.3 Å². The number of sulfonamides is 1. The number of piperidine rings is 2. The summed E-state index contributed by atoms with van der Waals surface area (Å²) in [5, 5.41) is 8.83. The number of nitrogens with one attached hydrogen (secondary N) is 3. The average molecular weight is 490 g/mol. The summed E-state index contributed by atoms with van der Waals surface area (Å²) in [6.07, 6.45) is 1.49. The van der Waals surface area contributed by atoms with E-state index in [2.05, 4.69) is 16.0 Å². The van der Waals surface area contributed by atoms with Crippen molar-refractivity contribution in [1.82, 2.24) is 25.2 Å². The van der Waals surface area contributed by atoms with Gasteiger partial charge in [-0.05, 0) is 44.0 Å². The Hall–Kier alpha value is -2.67. The SMILES string of the molecule is CN1C2(CCNCC2)C(NCc2cccc3c2C(=O)N(C2CCC(=O)NC2=O)C3=O)CS1(=O)=O. The molecule has 182 valence electrons. The van der Waals surface area contributed by atoms with Gasteiger partial charge in [-0.1, -0.05) is 12.1 Å². The number of carbonyl (C=O) groups is 4. The van der Waals surface area contributed by atoms with E-state index in [1.165, 1.54) is 4.31 Å². The molecule has 3 fully saturated rings. The molecule has 2 unspecified atom stereocenters. The smallest absolute Gasteiger partial charge is 0.262 e. The molecule has 0 saturated carbocycles. The molecule has 1 aromatic rings. The number of benzene rings is 1. The minimum absolute atomic E-state index is 0.0339. The number of nitrogens with zero attached hydrogens (tertiary/aromatic N) is 2. The fourth-order valence-electron chi connectivity index (χ4n) is 5.71. The number of carbonyl (C=O) groups excluding carboxylic acids is 4. The molecule has 3 N–H and O–H groups in total. The summed E-state index contributed by atoms with van der Waals surface area (Å²) in [6.45, 7) is 1.63. The highest BCUT2D eigenvalue weighted by Gasteiger charge is 2.55. The highest BCUT2D eigenvalue weighted by atomic mass is 32.2. The molecule has 2 atom stereocenters. The summed E-state index contributed by atoms with van der Waals surface area (Å²) in [4.78, 5) is 51.1. The van der Waals surface area contributed by atoms with E-state index in [9.17, 15) is 27.6 Å². The van der Waals surface area contributed by atoms with Crippen molar-refractivity contribution < 1.29 is 27.6 Å². The molecule has 4 aliphatic rings. The largest absolute Gasteiger partial charge is 0.317 e. The van der Waals surface area contributed by atoms with Crippen LogP contribution in [-0.2, 0) is 26.2 Å². The van der Waals surface area contributed by atoms with Crippen LogP contribution in [0.4, 0.5) is 0 Å². The van der Waals surface area contributed by atoms with Crippen LogP contribution in [0.25, 0.3) is 0 Å². The highest BCUT2D eigenvalue weighted by molar-refractivity contribution is 7.89. The molecule has 4 amide bonds. The van der Waals surface area contributed by atoms with E-state index < -0.39 is 45.2 Å².